The quantitative estimate of drug-likeness (QED) is 0.805. The predicted molar refractivity (Wildman–Crippen MR) is 83.0 cm³/mol. The minimum atomic E-state index is -0.331. The topological polar surface area (TPSA) is 52.6 Å². The molecule has 0 bridgehead atoms. The van der Waals surface area contributed by atoms with Gasteiger partial charge in [0, 0.05) is 12.2 Å². The molecule has 1 aromatic rings. The summed E-state index contributed by atoms with van der Waals surface area (Å²) in [7, 11) is 1.89. The molecule has 4 nitrogen and oxygen atoms in total. The molecule has 0 fully saturated rings. The first-order valence-electron chi connectivity index (χ1n) is 7.15. The molecule has 1 rings (SSSR count). The molecule has 1 aromatic carbocycles. The summed E-state index contributed by atoms with van der Waals surface area (Å²) >= 11 is 0. The van der Waals surface area contributed by atoms with E-state index in [1.54, 1.807) is 6.92 Å². The number of benzene rings is 1. The number of para-hydroxylation sites is 1. The number of nitrogens with zero attached hydrogens (tertiary/aromatic N) is 1. The van der Waals surface area contributed by atoms with Gasteiger partial charge in [0.05, 0.1) is 12.6 Å². The second kappa shape index (κ2) is 8.02. The zero-order valence-electron chi connectivity index (χ0n) is 12.9. The van der Waals surface area contributed by atoms with Gasteiger partial charge < -0.3 is 10.4 Å². The highest BCUT2D eigenvalue weighted by molar-refractivity contribution is 5.93. The van der Waals surface area contributed by atoms with Crippen LogP contribution in [0.4, 0.5) is 5.69 Å². The van der Waals surface area contributed by atoms with E-state index in [0.717, 1.165) is 11.3 Å². The monoisotopic (exact) mass is 278 g/mol. The van der Waals surface area contributed by atoms with Gasteiger partial charge in [0.15, 0.2) is 0 Å². The fraction of sp³-hybridized carbons (Fsp3) is 0.562. The van der Waals surface area contributed by atoms with Gasteiger partial charge in [0.1, 0.15) is 0 Å². The molecule has 20 heavy (non-hydrogen) atoms. The van der Waals surface area contributed by atoms with Crippen LogP contribution >= 0.6 is 0 Å². The summed E-state index contributed by atoms with van der Waals surface area (Å²) in [5.41, 5.74) is 2.03. The highest BCUT2D eigenvalue weighted by Gasteiger charge is 2.11. The second-order valence-electron chi connectivity index (χ2n) is 5.67. The summed E-state index contributed by atoms with van der Waals surface area (Å²) in [5.74, 6) is 0.352. The second-order valence-corrected chi connectivity index (χ2v) is 5.67. The first-order valence-corrected chi connectivity index (χ1v) is 7.15. The van der Waals surface area contributed by atoms with E-state index in [1.807, 2.05) is 36.2 Å². The number of carbonyl (C=O) groups is 1. The summed E-state index contributed by atoms with van der Waals surface area (Å²) in [4.78, 5) is 13.9. The van der Waals surface area contributed by atoms with E-state index in [9.17, 15) is 9.90 Å². The maximum absolute atomic E-state index is 12.0. The van der Waals surface area contributed by atoms with Crippen molar-refractivity contribution in [3.8, 4) is 0 Å². The van der Waals surface area contributed by atoms with E-state index in [2.05, 4.69) is 19.2 Å². The number of hydrogen-bond acceptors (Lipinski definition) is 3. The Morgan fingerprint density at radius 3 is 2.55 bits per heavy atom. The van der Waals surface area contributed by atoms with Crippen LogP contribution in [0.3, 0.4) is 0 Å². The van der Waals surface area contributed by atoms with Crippen molar-refractivity contribution in [3.05, 3.63) is 29.8 Å². The number of anilines is 1. The number of nitrogens with one attached hydrogen (secondary N) is 1. The summed E-state index contributed by atoms with van der Waals surface area (Å²) in [6, 6.07) is 7.89. The van der Waals surface area contributed by atoms with Crippen LogP contribution in [-0.2, 0) is 4.79 Å². The van der Waals surface area contributed by atoms with Crippen molar-refractivity contribution in [1.82, 2.24) is 4.90 Å². The van der Waals surface area contributed by atoms with Gasteiger partial charge in [-0.2, -0.15) is 0 Å². The summed E-state index contributed by atoms with van der Waals surface area (Å²) in [5, 5.41) is 12.2. The molecule has 0 radical (unpaired) electrons. The number of rotatable bonds is 7. The molecule has 1 atom stereocenters. The summed E-state index contributed by atoms with van der Waals surface area (Å²) < 4.78 is 0. The van der Waals surface area contributed by atoms with Crippen LogP contribution in [0.5, 0.6) is 0 Å². The highest BCUT2D eigenvalue weighted by Crippen LogP contribution is 2.23. The maximum Gasteiger partial charge on any atom is 0.238 e. The molecular weight excluding hydrogens is 252 g/mol. The molecule has 0 spiro atoms. The Labute approximate surface area is 121 Å². The Morgan fingerprint density at radius 1 is 1.30 bits per heavy atom. The van der Waals surface area contributed by atoms with Gasteiger partial charge in [0.25, 0.3) is 0 Å². The Kier molecular flexibility index (Phi) is 6.68. The smallest absolute Gasteiger partial charge is 0.238 e. The van der Waals surface area contributed by atoms with Crippen molar-refractivity contribution in [2.45, 2.75) is 39.2 Å². The van der Waals surface area contributed by atoms with Crippen LogP contribution in [-0.4, -0.2) is 42.2 Å². The lowest BCUT2D eigenvalue weighted by Gasteiger charge is -2.18. The Hall–Kier alpha value is -1.39. The predicted octanol–water partition coefficient (Wildman–Crippen LogP) is 2.45. The molecule has 0 saturated heterocycles. The van der Waals surface area contributed by atoms with Crippen molar-refractivity contribution >= 4 is 11.6 Å². The molecule has 2 N–H and O–H groups in total. The standard InChI is InChI=1S/C16H26N2O2/c1-12(2)14-7-5-6-8-15(14)17-16(20)11-18(4)10-9-13(3)19/h5-8,12-13,19H,9-11H2,1-4H3,(H,17,20). The average molecular weight is 278 g/mol. The van der Waals surface area contributed by atoms with E-state index in [4.69, 9.17) is 0 Å². The van der Waals surface area contributed by atoms with Crippen LogP contribution in [0.15, 0.2) is 24.3 Å². The molecule has 0 aliphatic heterocycles. The number of carbonyl (C=O) groups excluding carboxylic acids is 1. The zero-order chi connectivity index (χ0) is 15.1. The van der Waals surface area contributed by atoms with Crippen LogP contribution < -0.4 is 5.32 Å². The Balaban J connectivity index is 2.54. The van der Waals surface area contributed by atoms with Crippen molar-refractivity contribution in [1.29, 1.82) is 0 Å². The van der Waals surface area contributed by atoms with E-state index in [0.29, 0.717) is 25.4 Å². The van der Waals surface area contributed by atoms with Crippen molar-refractivity contribution < 1.29 is 9.90 Å². The van der Waals surface area contributed by atoms with Gasteiger partial charge in [-0.25, -0.2) is 0 Å². The first kappa shape index (κ1) is 16.7. The molecule has 0 aromatic heterocycles. The molecule has 0 aliphatic carbocycles. The minimum Gasteiger partial charge on any atom is -0.393 e. The molecule has 0 saturated carbocycles. The third kappa shape index (κ3) is 5.72. The summed E-state index contributed by atoms with van der Waals surface area (Å²) in [6.07, 6.45) is 0.342. The van der Waals surface area contributed by atoms with Gasteiger partial charge >= 0.3 is 0 Å². The largest absolute Gasteiger partial charge is 0.393 e. The van der Waals surface area contributed by atoms with Gasteiger partial charge in [-0.1, -0.05) is 32.0 Å². The van der Waals surface area contributed by atoms with Crippen LogP contribution in [0, 0.1) is 0 Å². The SMILES string of the molecule is CC(O)CCN(C)CC(=O)Nc1ccccc1C(C)C. The molecule has 1 unspecified atom stereocenters. The van der Waals surface area contributed by atoms with Crippen molar-refractivity contribution in [2.24, 2.45) is 0 Å². The van der Waals surface area contributed by atoms with E-state index in [-0.39, 0.29) is 12.0 Å². The van der Waals surface area contributed by atoms with Crippen molar-refractivity contribution in [2.75, 3.05) is 25.5 Å². The Morgan fingerprint density at radius 2 is 1.95 bits per heavy atom. The lowest BCUT2D eigenvalue weighted by molar-refractivity contribution is -0.117. The number of aliphatic hydroxyl groups excluding tert-OH is 1. The number of hydrogen-bond donors (Lipinski definition) is 2. The third-order valence-electron chi connectivity index (χ3n) is 3.20. The fourth-order valence-corrected chi connectivity index (χ4v) is 2.04. The molecule has 0 heterocycles. The first-order chi connectivity index (χ1) is 9.40. The number of likely N-dealkylation sites (N-methyl/N-ethyl adjacent to an activating group) is 1. The van der Waals surface area contributed by atoms with E-state index >= 15 is 0 Å². The molecule has 1 amide bonds. The molecular formula is C16H26N2O2. The highest BCUT2D eigenvalue weighted by atomic mass is 16.3. The lowest BCUT2D eigenvalue weighted by atomic mass is 10.0. The maximum atomic E-state index is 12.0. The van der Waals surface area contributed by atoms with Gasteiger partial charge in [0.2, 0.25) is 5.91 Å². The Bertz CT molecular complexity index is 430. The van der Waals surface area contributed by atoms with E-state index < -0.39 is 0 Å². The van der Waals surface area contributed by atoms with Gasteiger partial charge in [-0.05, 0) is 37.9 Å². The average Bonchev–Trinajstić information content (AvgIpc) is 2.36. The normalized spacial score (nSPS) is 12.8. The number of amides is 1. The summed E-state index contributed by atoms with van der Waals surface area (Å²) in [6.45, 7) is 7.02. The number of aliphatic hydroxyl groups is 1. The van der Waals surface area contributed by atoms with Crippen LogP contribution in [0.1, 0.15) is 38.7 Å². The van der Waals surface area contributed by atoms with Gasteiger partial charge in [-0.15, -0.1) is 0 Å². The third-order valence-corrected chi connectivity index (χ3v) is 3.20. The lowest BCUT2D eigenvalue weighted by Crippen LogP contribution is -2.32. The zero-order valence-corrected chi connectivity index (χ0v) is 12.9. The molecule has 112 valence electrons. The van der Waals surface area contributed by atoms with Crippen LogP contribution in [0.2, 0.25) is 0 Å². The minimum absolute atomic E-state index is 0.0220. The van der Waals surface area contributed by atoms with Crippen LogP contribution in [0.25, 0.3) is 0 Å². The molecule has 0 aliphatic rings. The fourth-order valence-electron chi connectivity index (χ4n) is 2.04. The van der Waals surface area contributed by atoms with E-state index in [1.165, 1.54) is 0 Å². The van der Waals surface area contributed by atoms with Gasteiger partial charge in [-0.3, -0.25) is 9.69 Å². The molecule has 4 heteroatoms. The van der Waals surface area contributed by atoms with Crippen molar-refractivity contribution in [3.63, 3.8) is 0 Å².